The van der Waals surface area contributed by atoms with Crippen molar-refractivity contribution in [1.29, 1.82) is 0 Å². The summed E-state index contributed by atoms with van der Waals surface area (Å²) in [6.07, 6.45) is 0. The first-order valence-electron chi connectivity index (χ1n) is 9.92. The summed E-state index contributed by atoms with van der Waals surface area (Å²) in [7, 11) is 0. The largest absolute Gasteiger partial charge is 0.377 e. The molecule has 156 valence electrons. The van der Waals surface area contributed by atoms with E-state index < -0.39 is 16.9 Å². The maximum Gasteiger partial charge on any atom is 0.271 e. The van der Waals surface area contributed by atoms with E-state index in [0.717, 1.165) is 5.56 Å². The maximum absolute atomic E-state index is 13.5. The van der Waals surface area contributed by atoms with Crippen molar-refractivity contribution in [2.75, 3.05) is 5.48 Å². The van der Waals surface area contributed by atoms with Crippen LogP contribution in [-0.4, -0.2) is 0 Å². The van der Waals surface area contributed by atoms with Crippen molar-refractivity contribution in [3.63, 3.8) is 0 Å². The number of para-hydroxylation sites is 1. The zero-order valence-corrected chi connectivity index (χ0v) is 16.8. The Hall–Kier alpha value is -3.77. The third-order valence-electron chi connectivity index (χ3n) is 5.15. The van der Waals surface area contributed by atoms with Crippen molar-refractivity contribution in [1.82, 2.24) is 5.32 Å². The third-order valence-corrected chi connectivity index (χ3v) is 5.15. The van der Waals surface area contributed by atoms with E-state index in [1.54, 1.807) is 24.3 Å². The zero-order valence-electron chi connectivity index (χ0n) is 16.8. The van der Waals surface area contributed by atoms with Gasteiger partial charge in [-0.15, -0.1) is 0 Å². The molecule has 0 spiro atoms. The van der Waals surface area contributed by atoms with Gasteiger partial charge in [-0.3, -0.25) is 14.9 Å². The molecule has 0 bridgehead atoms. The predicted octanol–water partition coefficient (Wildman–Crippen LogP) is 4.27. The van der Waals surface area contributed by atoms with Gasteiger partial charge in [0, 0.05) is 6.04 Å². The van der Waals surface area contributed by atoms with Gasteiger partial charge >= 0.3 is 0 Å². The Kier molecular flexibility index (Phi) is 5.91. The van der Waals surface area contributed by atoms with Crippen LogP contribution in [0.5, 0.6) is 5.75 Å². The molecule has 6 heteroatoms. The average molecular weight is 416 g/mol. The van der Waals surface area contributed by atoms with Gasteiger partial charge in [-0.1, -0.05) is 60.7 Å². The maximum atomic E-state index is 13.5. The second-order valence-corrected chi connectivity index (χ2v) is 7.25. The number of nitrogens with one attached hydrogen (secondary N) is 2. The Labute approximate surface area is 178 Å². The first kappa shape index (κ1) is 20.5. The molecule has 0 heterocycles. The topological polar surface area (TPSA) is 67.4 Å². The van der Waals surface area contributed by atoms with Crippen LogP contribution in [0.15, 0.2) is 94.5 Å². The summed E-state index contributed by atoms with van der Waals surface area (Å²) < 4.78 is 13.5. The number of anilines is 1. The van der Waals surface area contributed by atoms with Crippen LogP contribution < -0.4 is 26.5 Å². The first-order valence-corrected chi connectivity index (χ1v) is 9.92. The van der Waals surface area contributed by atoms with Gasteiger partial charge in [0.05, 0.1) is 17.3 Å². The van der Waals surface area contributed by atoms with Crippen LogP contribution in [0.25, 0.3) is 0 Å². The molecule has 5 nitrogen and oxygen atoms in total. The Morgan fingerprint density at radius 1 is 0.774 bits per heavy atom. The number of benzene rings is 3. The molecule has 4 rings (SSSR count). The number of hydrogen-bond donors (Lipinski definition) is 2. The van der Waals surface area contributed by atoms with Crippen LogP contribution >= 0.6 is 0 Å². The molecule has 0 aromatic heterocycles. The van der Waals surface area contributed by atoms with Crippen molar-refractivity contribution in [2.24, 2.45) is 0 Å². The fourth-order valence-corrected chi connectivity index (χ4v) is 3.46. The predicted molar refractivity (Wildman–Crippen MR) is 118 cm³/mol. The lowest BCUT2D eigenvalue weighted by Crippen LogP contribution is -2.43. The van der Waals surface area contributed by atoms with Gasteiger partial charge in [0.1, 0.15) is 5.82 Å². The Morgan fingerprint density at radius 3 is 2.03 bits per heavy atom. The molecule has 2 atom stereocenters. The average Bonchev–Trinajstić information content (AvgIpc) is 2.82. The van der Waals surface area contributed by atoms with Gasteiger partial charge in [-0.25, -0.2) is 9.87 Å². The summed E-state index contributed by atoms with van der Waals surface area (Å²) >= 11 is 0. The Balaban J connectivity index is 1.67. The Morgan fingerprint density at radius 2 is 1.39 bits per heavy atom. The summed E-state index contributed by atoms with van der Waals surface area (Å²) in [4.78, 5) is 30.4. The first-order chi connectivity index (χ1) is 15.0. The van der Waals surface area contributed by atoms with E-state index in [4.69, 9.17) is 4.84 Å². The van der Waals surface area contributed by atoms with E-state index in [0.29, 0.717) is 11.3 Å². The summed E-state index contributed by atoms with van der Waals surface area (Å²) in [5, 5.41) is 3.39. The SMILES string of the molecule is C[C@@H](NC(c1ccc(F)cc1)c1c(ONc2ccccc2)c(=O)c1=O)c1ccccc1. The zero-order chi connectivity index (χ0) is 21.8. The summed E-state index contributed by atoms with van der Waals surface area (Å²) in [6.45, 7) is 1.96. The smallest absolute Gasteiger partial charge is 0.271 e. The van der Waals surface area contributed by atoms with Gasteiger partial charge in [-0.2, -0.15) is 0 Å². The van der Waals surface area contributed by atoms with Crippen LogP contribution in [0.4, 0.5) is 10.1 Å². The van der Waals surface area contributed by atoms with Crippen LogP contribution in [-0.2, 0) is 0 Å². The van der Waals surface area contributed by atoms with Gasteiger partial charge in [0.25, 0.3) is 5.43 Å². The molecule has 0 amide bonds. The normalized spacial score (nSPS) is 13.0. The van der Waals surface area contributed by atoms with E-state index in [-0.39, 0.29) is 23.2 Å². The molecule has 0 aliphatic heterocycles. The van der Waals surface area contributed by atoms with Gasteiger partial charge in [0.2, 0.25) is 11.2 Å². The second kappa shape index (κ2) is 8.93. The van der Waals surface area contributed by atoms with Crippen LogP contribution in [0.2, 0.25) is 0 Å². The third kappa shape index (κ3) is 4.39. The van der Waals surface area contributed by atoms with E-state index in [9.17, 15) is 14.0 Å². The van der Waals surface area contributed by atoms with Crippen LogP contribution in [0.1, 0.15) is 35.7 Å². The van der Waals surface area contributed by atoms with Crippen LogP contribution in [0.3, 0.4) is 0 Å². The fourth-order valence-electron chi connectivity index (χ4n) is 3.46. The highest BCUT2D eigenvalue weighted by Crippen LogP contribution is 2.30. The van der Waals surface area contributed by atoms with E-state index >= 15 is 0 Å². The minimum atomic E-state index is -0.695. The standard InChI is InChI=1S/C25H21FN2O3/c1-16(17-8-4-2-5-9-17)27-22(18-12-14-19(26)15-13-18)21-23(29)24(30)25(21)31-28-20-10-6-3-7-11-20/h2-16,22,27-28H,1H3/t16-,22?/m1/s1. The molecular weight excluding hydrogens is 395 g/mol. The second-order valence-electron chi connectivity index (χ2n) is 7.25. The van der Waals surface area contributed by atoms with Gasteiger partial charge in [-0.05, 0) is 42.3 Å². The van der Waals surface area contributed by atoms with E-state index in [1.807, 2.05) is 55.5 Å². The number of halogens is 1. The van der Waals surface area contributed by atoms with Crippen LogP contribution in [0, 0.1) is 5.82 Å². The highest BCUT2D eigenvalue weighted by Gasteiger charge is 2.32. The molecule has 0 fully saturated rings. The summed E-state index contributed by atoms with van der Waals surface area (Å²) in [6, 6.07) is 23.8. The van der Waals surface area contributed by atoms with E-state index in [2.05, 4.69) is 10.8 Å². The molecule has 1 unspecified atom stereocenters. The van der Waals surface area contributed by atoms with Crippen molar-refractivity contribution in [3.8, 4) is 5.75 Å². The van der Waals surface area contributed by atoms with Gasteiger partial charge in [0.15, 0.2) is 0 Å². The minimum absolute atomic E-state index is 0.0454. The monoisotopic (exact) mass is 416 g/mol. The highest BCUT2D eigenvalue weighted by molar-refractivity contribution is 5.49. The summed E-state index contributed by atoms with van der Waals surface area (Å²) in [5.41, 5.74) is 3.92. The fraction of sp³-hybridized carbons (Fsp3) is 0.120. The molecule has 31 heavy (non-hydrogen) atoms. The van der Waals surface area contributed by atoms with Crippen molar-refractivity contribution >= 4 is 5.69 Å². The highest BCUT2D eigenvalue weighted by atomic mass is 19.1. The van der Waals surface area contributed by atoms with Crippen molar-refractivity contribution in [2.45, 2.75) is 19.0 Å². The Bertz CT molecular complexity index is 1220. The van der Waals surface area contributed by atoms with Gasteiger partial charge < -0.3 is 4.84 Å². The molecule has 4 aromatic rings. The minimum Gasteiger partial charge on any atom is -0.377 e. The number of rotatable bonds is 8. The molecule has 2 N–H and O–H groups in total. The summed E-state index contributed by atoms with van der Waals surface area (Å²) in [5.74, 6) is -0.429. The lowest BCUT2D eigenvalue weighted by molar-refractivity contribution is 0.379. The van der Waals surface area contributed by atoms with E-state index in [1.165, 1.54) is 12.1 Å². The molecule has 0 saturated heterocycles. The van der Waals surface area contributed by atoms with Crippen molar-refractivity contribution in [3.05, 3.63) is 128 Å². The van der Waals surface area contributed by atoms with Crippen molar-refractivity contribution < 1.29 is 9.23 Å². The molecule has 0 radical (unpaired) electrons. The molecular formula is C25H21FN2O3. The quantitative estimate of drug-likeness (QED) is 0.332. The molecule has 0 saturated carbocycles. The molecule has 4 aromatic carbocycles. The lowest BCUT2D eigenvalue weighted by atomic mass is 9.92. The number of hydrogen-bond acceptors (Lipinski definition) is 5. The lowest BCUT2D eigenvalue weighted by Gasteiger charge is -2.26. The molecule has 0 aliphatic rings. The molecule has 0 aliphatic carbocycles.